The number of carbonyl (C=O) groups excluding carboxylic acids is 1. The van der Waals surface area contributed by atoms with Crippen molar-refractivity contribution in [3.05, 3.63) is 71.5 Å². The first kappa shape index (κ1) is 25.0. The number of halogens is 1. The second-order valence-corrected chi connectivity index (χ2v) is 9.45. The minimum atomic E-state index is -3.54. The highest BCUT2D eigenvalue weighted by Gasteiger charge is 2.13. The third-order valence-corrected chi connectivity index (χ3v) is 6.62. The summed E-state index contributed by atoms with van der Waals surface area (Å²) in [5.41, 5.74) is 1.19. The summed E-state index contributed by atoms with van der Waals surface area (Å²) in [6.45, 7) is 0.355. The Morgan fingerprint density at radius 2 is 1.90 bits per heavy atom. The number of allylic oxidation sites excluding steroid dienone is 1. The van der Waals surface area contributed by atoms with Gasteiger partial charge >= 0.3 is 5.97 Å². The Bertz CT molecular complexity index is 932. The molecule has 0 saturated carbocycles. The van der Waals surface area contributed by atoms with Gasteiger partial charge in [-0.05, 0) is 73.9 Å². The lowest BCUT2D eigenvalue weighted by Gasteiger charge is -2.13. The van der Waals surface area contributed by atoms with Crippen LogP contribution in [-0.2, 0) is 26.0 Å². The Morgan fingerprint density at radius 1 is 1.16 bits per heavy atom. The van der Waals surface area contributed by atoms with E-state index in [9.17, 15) is 13.2 Å². The first-order chi connectivity index (χ1) is 14.9. The number of hydrogen-bond acceptors (Lipinski definition) is 5. The Morgan fingerprint density at radius 3 is 2.58 bits per heavy atom. The van der Waals surface area contributed by atoms with Gasteiger partial charge in [0.2, 0.25) is 10.0 Å². The lowest BCUT2D eigenvalue weighted by Crippen LogP contribution is -2.24. The van der Waals surface area contributed by atoms with Crippen LogP contribution in [0.5, 0.6) is 0 Å². The fraction of sp³-hybridized carbons (Fsp3) is 0.391. The molecule has 0 bridgehead atoms. The fourth-order valence-corrected chi connectivity index (χ4v) is 4.37. The number of aryl methyl sites for hydroxylation is 1. The monoisotopic (exact) mass is 464 g/mol. The van der Waals surface area contributed by atoms with Crippen molar-refractivity contribution in [3.63, 3.8) is 0 Å². The maximum atomic E-state index is 12.3. The largest absolute Gasteiger partial charge is 0.466 e. The normalized spacial score (nSPS) is 12.7. The van der Waals surface area contributed by atoms with Gasteiger partial charge in [0.05, 0.1) is 12.0 Å². The van der Waals surface area contributed by atoms with Crippen LogP contribution in [-0.4, -0.2) is 33.0 Å². The summed E-state index contributed by atoms with van der Waals surface area (Å²) < 4.78 is 31.9. The molecule has 6 nitrogen and oxygen atoms in total. The molecule has 0 amide bonds. The average molecular weight is 465 g/mol. The molecule has 1 unspecified atom stereocenters. The highest BCUT2D eigenvalue weighted by molar-refractivity contribution is 7.89. The van der Waals surface area contributed by atoms with Gasteiger partial charge in [-0.3, -0.25) is 4.98 Å². The van der Waals surface area contributed by atoms with Gasteiger partial charge in [0.15, 0.2) is 0 Å². The van der Waals surface area contributed by atoms with Gasteiger partial charge in [-0.25, -0.2) is 17.9 Å². The number of hydrogen-bond donors (Lipinski definition) is 1. The lowest BCUT2D eigenvalue weighted by molar-refractivity contribution is -0.134. The third-order valence-electron chi connectivity index (χ3n) is 4.89. The zero-order valence-corrected chi connectivity index (χ0v) is 19.2. The molecule has 2 rings (SSSR count). The SMILES string of the molecule is COC(=O)/C=C/C(CCCCNS(=O)(=O)c1ccc(Cl)cc1)CCCc1cccnc1. The number of rotatable bonds is 13. The topological polar surface area (TPSA) is 85.4 Å². The summed E-state index contributed by atoms with van der Waals surface area (Å²) in [5, 5.41) is 0.494. The Kier molecular flexibility index (Phi) is 10.7. The van der Waals surface area contributed by atoms with Crippen LogP contribution in [0.4, 0.5) is 0 Å². The number of carbonyl (C=O) groups is 1. The van der Waals surface area contributed by atoms with E-state index < -0.39 is 10.0 Å². The molecule has 0 radical (unpaired) electrons. The van der Waals surface area contributed by atoms with E-state index in [1.54, 1.807) is 18.3 Å². The number of sulfonamides is 1. The van der Waals surface area contributed by atoms with Crippen molar-refractivity contribution < 1.29 is 17.9 Å². The van der Waals surface area contributed by atoms with Crippen LogP contribution in [0.2, 0.25) is 5.02 Å². The Balaban J connectivity index is 1.78. The maximum Gasteiger partial charge on any atom is 0.330 e. The number of unbranched alkanes of at least 4 members (excludes halogenated alkanes) is 1. The van der Waals surface area contributed by atoms with E-state index in [0.717, 1.165) is 32.1 Å². The van der Waals surface area contributed by atoms with Gasteiger partial charge < -0.3 is 4.74 Å². The fourth-order valence-electron chi connectivity index (χ4n) is 3.17. The molecule has 1 N–H and O–H groups in total. The zero-order valence-electron chi connectivity index (χ0n) is 17.7. The summed E-state index contributed by atoms with van der Waals surface area (Å²) in [7, 11) is -2.18. The molecule has 0 fully saturated rings. The Labute approximate surface area is 189 Å². The molecule has 1 atom stereocenters. The summed E-state index contributed by atoms with van der Waals surface area (Å²) in [4.78, 5) is 15.8. The van der Waals surface area contributed by atoms with Crippen LogP contribution in [0, 0.1) is 5.92 Å². The van der Waals surface area contributed by atoms with Crippen molar-refractivity contribution in [1.82, 2.24) is 9.71 Å². The second kappa shape index (κ2) is 13.2. The molecular formula is C23H29ClN2O4S. The molecule has 1 aromatic heterocycles. The number of methoxy groups -OCH3 is 1. The number of aromatic nitrogens is 1. The van der Waals surface area contributed by atoms with Gasteiger partial charge in [0, 0.05) is 30.0 Å². The van der Waals surface area contributed by atoms with E-state index in [0.29, 0.717) is 18.0 Å². The molecule has 0 aliphatic heterocycles. The zero-order chi connectivity index (χ0) is 22.5. The van der Waals surface area contributed by atoms with Crippen LogP contribution in [0.15, 0.2) is 65.8 Å². The molecule has 8 heteroatoms. The van der Waals surface area contributed by atoms with E-state index in [1.165, 1.54) is 30.9 Å². The number of pyridine rings is 1. The molecule has 2 aromatic rings. The van der Waals surface area contributed by atoms with E-state index in [4.69, 9.17) is 11.6 Å². The predicted molar refractivity (Wildman–Crippen MR) is 122 cm³/mol. The summed E-state index contributed by atoms with van der Waals surface area (Å²) in [6.07, 6.45) is 12.2. The summed E-state index contributed by atoms with van der Waals surface area (Å²) >= 11 is 5.81. The second-order valence-electron chi connectivity index (χ2n) is 7.24. The van der Waals surface area contributed by atoms with Gasteiger partial charge in [0.1, 0.15) is 0 Å². The first-order valence-electron chi connectivity index (χ1n) is 10.3. The molecule has 0 spiro atoms. The van der Waals surface area contributed by atoms with Gasteiger partial charge in [-0.15, -0.1) is 0 Å². The highest BCUT2D eigenvalue weighted by Crippen LogP contribution is 2.19. The average Bonchev–Trinajstić information content (AvgIpc) is 2.77. The van der Waals surface area contributed by atoms with Gasteiger partial charge in [0.25, 0.3) is 0 Å². The van der Waals surface area contributed by atoms with E-state index >= 15 is 0 Å². The number of nitrogens with zero attached hydrogens (tertiary/aromatic N) is 1. The standard InChI is InChI=1S/C23H29ClN2O4S/c1-30-23(27)15-10-19(7-4-8-20-9-5-16-25-18-20)6-2-3-17-26-31(28,29)22-13-11-21(24)12-14-22/h5,9-16,18-19,26H,2-4,6-8,17H2,1H3/b15-10+. The van der Waals surface area contributed by atoms with Crippen LogP contribution in [0.25, 0.3) is 0 Å². The van der Waals surface area contributed by atoms with E-state index in [-0.39, 0.29) is 16.8 Å². The van der Waals surface area contributed by atoms with Crippen LogP contribution < -0.4 is 4.72 Å². The molecule has 0 aliphatic rings. The number of esters is 1. The van der Waals surface area contributed by atoms with Crippen LogP contribution in [0.3, 0.4) is 0 Å². The van der Waals surface area contributed by atoms with E-state index in [1.807, 2.05) is 18.3 Å². The molecule has 168 valence electrons. The van der Waals surface area contributed by atoms with Crippen molar-refractivity contribution in [2.24, 2.45) is 5.92 Å². The highest BCUT2D eigenvalue weighted by atomic mass is 35.5. The number of ether oxygens (including phenoxy) is 1. The molecule has 1 aromatic carbocycles. The first-order valence-corrected chi connectivity index (χ1v) is 12.2. The summed E-state index contributed by atoms with van der Waals surface area (Å²) in [6, 6.07) is 10.1. The quantitative estimate of drug-likeness (QED) is 0.267. The molecule has 31 heavy (non-hydrogen) atoms. The molecular weight excluding hydrogens is 436 g/mol. The van der Waals surface area contributed by atoms with E-state index in [2.05, 4.69) is 20.5 Å². The smallest absolute Gasteiger partial charge is 0.330 e. The van der Waals surface area contributed by atoms with Crippen molar-refractivity contribution in [3.8, 4) is 0 Å². The number of benzene rings is 1. The van der Waals surface area contributed by atoms with Crippen molar-refractivity contribution >= 4 is 27.6 Å². The van der Waals surface area contributed by atoms with Crippen LogP contribution in [0.1, 0.15) is 37.7 Å². The van der Waals surface area contributed by atoms with Crippen molar-refractivity contribution in [2.45, 2.75) is 43.4 Å². The van der Waals surface area contributed by atoms with Crippen molar-refractivity contribution in [2.75, 3.05) is 13.7 Å². The maximum absolute atomic E-state index is 12.3. The molecule has 0 saturated heterocycles. The molecule has 0 aliphatic carbocycles. The predicted octanol–water partition coefficient (Wildman–Crippen LogP) is 4.55. The van der Waals surface area contributed by atoms with Gasteiger partial charge in [-0.2, -0.15) is 0 Å². The van der Waals surface area contributed by atoms with Crippen LogP contribution >= 0.6 is 11.6 Å². The summed E-state index contributed by atoms with van der Waals surface area (Å²) in [5.74, 6) is -0.142. The third kappa shape index (κ3) is 9.63. The Hall–Kier alpha value is -2.22. The minimum absolute atomic E-state index is 0.200. The molecule has 1 heterocycles. The van der Waals surface area contributed by atoms with Gasteiger partial charge in [-0.1, -0.05) is 30.2 Å². The minimum Gasteiger partial charge on any atom is -0.466 e. The number of nitrogens with one attached hydrogen (secondary N) is 1. The lowest BCUT2D eigenvalue weighted by atomic mass is 9.94. The van der Waals surface area contributed by atoms with Crippen molar-refractivity contribution in [1.29, 1.82) is 0 Å².